The third kappa shape index (κ3) is 4.29. The standard InChI is InChI=1S/C20H24N2O3/c1-15-6-4-7-16(14-15)10-11-21-19(23)17-8-2-3-12-22(17)20(24)18-9-5-13-25-18/h4-7,9,13-14,17H,2-3,8,10-12H2,1H3,(H,21,23)/t17-/m1/s1. The van der Waals surface area contributed by atoms with Gasteiger partial charge in [-0.2, -0.15) is 0 Å². The molecule has 1 aromatic carbocycles. The SMILES string of the molecule is Cc1cccc(CCNC(=O)[C@H]2CCCCN2C(=O)c2ccco2)c1. The van der Waals surface area contributed by atoms with Crippen molar-refractivity contribution in [1.29, 1.82) is 0 Å². The smallest absolute Gasteiger partial charge is 0.290 e. The number of furan rings is 1. The summed E-state index contributed by atoms with van der Waals surface area (Å²) in [6.07, 6.45) is 4.83. The van der Waals surface area contributed by atoms with E-state index in [2.05, 4.69) is 30.4 Å². The van der Waals surface area contributed by atoms with E-state index in [-0.39, 0.29) is 11.8 Å². The third-order valence-electron chi connectivity index (χ3n) is 4.59. The molecule has 1 aliphatic rings. The fraction of sp³-hybridized carbons (Fsp3) is 0.400. The molecule has 1 atom stereocenters. The summed E-state index contributed by atoms with van der Waals surface area (Å²) < 4.78 is 5.20. The molecule has 2 heterocycles. The van der Waals surface area contributed by atoms with E-state index in [4.69, 9.17) is 4.42 Å². The summed E-state index contributed by atoms with van der Waals surface area (Å²) in [7, 11) is 0. The van der Waals surface area contributed by atoms with Gasteiger partial charge in [-0.3, -0.25) is 9.59 Å². The van der Waals surface area contributed by atoms with Crippen LogP contribution >= 0.6 is 0 Å². The average molecular weight is 340 g/mol. The van der Waals surface area contributed by atoms with E-state index >= 15 is 0 Å². The number of benzene rings is 1. The van der Waals surface area contributed by atoms with Crippen LogP contribution in [-0.4, -0.2) is 35.8 Å². The number of nitrogens with one attached hydrogen (secondary N) is 1. The number of amides is 2. The topological polar surface area (TPSA) is 62.6 Å². The highest BCUT2D eigenvalue weighted by Gasteiger charge is 2.33. The van der Waals surface area contributed by atoms with Gasteiger partial charge in [-0.05, 0) is 50.3 Å². The molecule has 5 heteroatoms. The van der Waals surface area contributed by atoms with Crippen LogP contribution in [0.2, 0.25) is 0 Å². The van der Waals surface area contributed by atoms with Crippen molar-refractivity contribution in [2.45, 2.75) is 38.6 Å². The Balaban J connectivity index is 1.58. The Kier molecular flexibility index (Phi) is 5.53. The number of likely N-dealkylation sites (tertiary alicyclic amines) is 1. The fourth-order valence-corrected chi connectivity index (χ4v) is 3.30. The average Bonchev–Trinajstić information content (AvgIpc) is 3.16. The lowest BCUT2D eigenvalue weighted by Crippen LogP contribution is -2.52. The van der Waals surface area contributed by atoms with Crippen LogP contribution in [0.25, 0.3) is 0 Å². The molecule has 0 unspecified atom stereocenters. The highest BCUT2D eigenvalue weighted by Crippen LogP contribution is 2.20. The van der Waals surface area contributed by atoms with Crippen LogP contribution in [-0.2, 0) is 11.2 Å². The predicted octanol–water partition coefficient (Wildman–Crippen LogP) is 2.94. The normalized spacial score (nSPS) is 17.3. The molecule has 132 valence electrons. The first-order chi connectivity index (χ1) is 12.1. The third-order valence-corrected chi connectivity index (χ3v) is 4.59. The van der Waals surface area contributed by atoms with Crippen LogP contribution in [0, 0.1) is 6.92 Å². The van der Waals surface area contributed by atoms with Gasteiger partial charge in [0.15, 0.2) is 5.76 Å². The van der Waals surface area contributed by atoms with E-state index < -0.39 is 6.04 Å². The van der Waals surface area contributed by atoms with E-state index in [0.29, 0.717) is 25.3 Å². The molecule has 1 aromatic heterocycles. The largest absolute Gasteiger partial charge is 0.459 e. The summed E-state index contributed by atoms with van der Waals surface area (Å²) >= 11 is 0. The number of nitrogens with zero attached hydrogens (tertiary/aromatic N) is 1. The molecular formula is C20H24N2O3. The van der Waals surface area contributed by atoms with Gasteiger partial charge in [0, 0.05) is 13.1 Å². The summed E-state index contributed by atoms with van der Waals surface area (Å²) in [6.45, 7) is 3.22. The maximum Gasteiger partial charge on any atom is 0.290 e. The number of hydrogen-bond acceptors (Lipinski definition) is 3. The summed E-state index contributed by atoms with van der Waals surface area (Å²) in [5.41, 5.74) is 2.42. The number of carbonyl (C=O) groups is 2. The molecule has 1 fully saturated rings. The number of aryl methyl sites for hydroxylation is 1. The van der Waals surface area contributed by atoms with Crippen LogP contribution in [0.4, 0.5) is 0 Å². The minimum Gasteiger partial charge on any atom is -0.459 e. The zero-order valence-electron chi connectivity index (χ0n) is 14.5. The number of rotatable bonds is 5. The Hall–Kier alpha value is -2.56. The van der Waals surface area contributed by atoms with Gasteiger partial charge in [0.2, 0.25) is 5.91 Å². The molecule has 25 heavy (non-hydrogen) atoms. The lowest BCUT2D eigenvalue weighted by Gasteiger charge is -2.34. The van der Waals surface area contributed by atoms with Crippen molar-refractivity contribution in [3.63, 3.8) is 0 Å². The Bertz CT molecular complexity index is 724. The Morgan fingerprint density at radius 1 is 1.24 bits per heavy atom. The molecule has 0 spiro atoms. The number of carbonyl (C=O) groups excluding carboxylic acids is 2. The van der Waals surface area contributed by atoms with Crippen LogP contribution < -0.4 is 5.32 Å². The molecule has 2 aromatic rings. The van der Waals surface area contributed by atoms with E-state index in [1.165, 1.54) is 17.4 Å². The summed E-state index contributed by atoms with van der Waals surface area (Å²) in [6, 6.07) is 11.2. The van der Waals surface area contributed by atoms with Crippen molar-refractivity contribution in [3.8, 4) is 0 Å². The monoisotopic (exact) mass is 340 g/mol. The van der Waals surface area contributed by atoms with Crippen molar-refractivity contribution >= 4 is 11.8 Å². The molecule has 1 aliphatic heterocycles. The second-order valence-electron chi connectivity index (χ2n) is 6.52. The minimum atomic E-state index is -0.413. The molecule has 0 aliphatic carbocycles. The molecule has 0 saturated carbocycles. The maximum absolute atomic E-state index is 12.6. The van der Waals surface area contributed by atoms with Gasteiger partial charge in [0.25, 0.3) is 5.91 Å². The first-order valence-electron chi connectivity index (χ1n) is 8.83. The van der Waals surface area contributed by atoms with Gasteiger partial charge in [-0.1, -0.05) is 29.8 Å². The second-order valence-corrected chi connectivity index (χ2v) is 6.52. The molecule has 5 nitrogen and oxygen atoms in total. The van der Waals surface area contributed by atoms with Crippen molar-refractivity contribution in [1.82, 2.24) is 10.2 Å². The molecule has 0 bridgehead atoms. The molecule has 0 radical (unpaired) electrons. The highest BCUT2D eigenvalue weighted by atomic mass is 16.3. The first-order valence-corrected chi connectivity index (χ1v) is 8.83. The fourth-order valence-electron chi connectivity index (χ4n) is 3.30. The van der Waals surface area contributed by atoms with Crippen molar-refractivity contribution in [2.24, 2.45) is 0 Å². The Morgan fingerprint density at radius 3 is 2.88 bits per heavy atom. The summed E-state index contributed by atoms with van der Waals surface area (Å²) in [5, 5.41) is 2.99. The van der Waals surface area contributed by atoms with E-state index in [0.717, 1.165) is 19.3 Å². The summed E-state index contributed by atoms with van der Waals surface area (Å²) in [4.78, 5) is 26.8. The molecule has 1 N–H and O–H groups in total. The molecular weight excluding hydrogens is 316 g/mol. The lowest BCUT2D eigenvalue weighted by molar-refractivity contribution is -0.126. The van der Waals surface area contributed by atoms with Crippen molar-refractivity contribution in [2.75, 3.05) is 13.1 Å². The Morgan fingerprint density at radius 2 is 2.12 bits per heavy atom. The second kappa shape index (κ2) is 8.01. The van der Waals surface area contributed by atoms with Gasteiger partial charge >= 0.3 is 0 Å². The van der Waals surface area contributed by atoms with Crippen molar-refractivity contribution in [3.05, 3.63) is 59.5 Å². The van der Waals surface area contributed by atoms with Gasteiger partial charge in [-0.15, -0.1) is 0 Å². The van der Waals surface area contributed by atoms with E-state index in [9.17, 15) is 9.59 Å². The van der Waals surface area contributed by atoms with Crippen molar-refractivity contribution < 1.29 is 14.0 Å². The zero-order valence-corrected chi connectivity index (χ0v) is 14.5. The van der Waals surface area contributed by atoms with Gasteiger partial charge < -0.3 is 14.6 Å². The number of hydrogen-bond donors (Lipinski definition) is 1. The highest BCUT2D eigenvalue weighted by molar-refractivity contribution is 5.95. The van der Waals surface area contributed by atoms with Gasteiger partial charge in [-0.25, -0.2) is 0 Å². The quantitative estimate of drug-likeness (QED) is 0.910. The molecule has 1 saturated heterocycles. The Labute approximate surface area is 148 Å². The number of piperidine rings is 1. The first kappa shape index (κ1) is 17.3. The van der Waals surface area contributed by atoms with Crippen LogP contribution in [0.5, 0.6) is 0 Å². The van der Waals surface area contributed by atoms with E-state index in [1.807, 2.05) is 6.07 Å². The summed E-state index contributed by atoms with van der Waals surface area (Å²) in [5.74, 6) is 0.00949. The van der Waals surface area contributed by atoms with Gasteiger partial charge in [0.1, 0.15) is 6.04 Å². The molecule has 3 rings (SSSR count). The minimum absolute atomic E-state index is 0.0766. The van der Waals surface area contributed by atoms with Crippen LogP contribution in [0.1, 0.15) is 40.9 Å². The lowest BCUT2D eigenvalue weighted by atomic mass is 10.0. The van der Waals surface area contributed by atoms with Crippen LogP contribution in [0.3, 0.4) is 0 Å². The van der Waals surface area contributed by atoms with Gasteiger partial charge in [0.05, 0.1) is 6.26 Å². The molecule has 2 amide bonds. The van der Waals surface area contributed by atoms with Crippen LogP contribution in [0.15, 0.2) is 47.1 Å². The van der Waals surface area contributed by atoms with E-state index in [1.54, 1.807) is 17.0 Å². The zero-order chi connectivity index (χ0) is 17.6. The maximum atomic E-state index is 12.6. The predicted molar refractivity (Wildman–Crippen MR) is 95.3 cm³/mol.